The second-order valence-corrected chi connectivity index (χ2v) is 3.52. The lowest BCUT2D eigenvalue weighted by Crippen LogP contribution is -2.31. The van der Waals surface area contributed by atoms with Crippen molar-refractivity contribution in [2.45, 2.75) is 13.8 Å². The molecule has 0 unspecified atom stereocenters. The van der Waals surface area contributed by atoms with Crippen LogP contribution in [0.5, 0.6) is 0 Å². The van der Waals surface area contributed by atoms with Crippen LogP contribution in [0.1, 0.15) is 13.8 Å². The van der Waals surface area contributed by atoms with Crippen molar-refractivity contribution in [1.82, 2.24) is 10.5 Å². The molecule has 72 valence electrons. The van der Waals surface area contributed by atoms with Crippen molar-refractivity contribution in [1.29, 1.82) is 0 Å². The maximum absolute atomic E-state index is 5.02. The summed E-state index contributed by atoms with van der Waals surface area (Å²) in [7, 11) is 0. The molecule has 0 amide bonds. The van der Waals surface area contributed by atoms with Gasteiger partial charge in [-0.05, 0) is 18.1 Å². The van der Waals surface area contributed by atoms with Crippen LogP contribution in [0.15, 0.2) is 16.9 Å². The van der Waals surface area contributed by atoms with Crippen LogP contribution in [-0.4, -0.2) is 16.8 Å². The summed E-state index contributed by atoms with van der Waals surface area (Å²) < 4.78 is 4.64. The fraction of sp³-hybridized carbons (Fsp3) is 0.500. The summed E-state index contributed by atoms with van der Waals surface area (Å²) in [5, 5.41) is 10.2. The minimum absolute atomic E-state index is 0.567. The molecule has 0 radical (unpaired) electrons. The van der Waals surface area contributed by atoms with E-state index in [1.54, 1.807) is 6.07 Å². The van der Waals surface area contributed by atoms with Gasteiger partial charge in [-0.25, -0.2) is 0 Å². The maximum atomic E-state index is 5.02. The molecule has 0 aromatic carbocycles. The third kappa shape index (κ3) is 3.89. The van der Waals surface area contributed by atoms with Crippen LogP contribution in [-0.2, 0) is 0 Å². The highest BCUT2D eigenvalue weighted by Gasteiger charge is 2.00. The Labute approximate surface area is 82.7 Å². The first-order valence-corrected chi connectivity index (χ1v) is 4.54. The fourth-order valence-corrected chi connectivity index (χ4v) is 0.922. The molecule has 13 heavy (non-hydrogen) atoms. The van der Waals surface area contributed by atoms with Gasteiger partial charge < -0.3 is 15.2 Å². The Balaban J connectivity index is 2.26. The van der Waals surface area contributed by atoms with Gasteiger partial charge in [-0.3, -0.25) is 0 Å². The molecule has 0 saturated heterocycles. The fourth-order valence-electron chi connectivity index (χ4n) is 0.734. The molecular formula is C8H13N3OS. The lowest BCUT2D eigenvalue weighted by molar-refractivity contribution is 0.423. The quantitative estimate of drug-likeness (QED) is 0.724. The molecule has 5 heteroatoms. The van der Waals surface area contributed by atoms with Crippen LogP contribution in [0.4, 0.5) is 5.82 Å². The van der Waals surface area contributed by atoms with Crippen LogP contribution in [0, 0.1) is 5.92 Å². The van der Waals surface area contributed by atoms with Crippen molar-refractivity contribution >= 4 is 23.1 Å². The number of nitrogens with zero attached hydrogens (tertiary/aromatic N) is 1. The first kappa shape index (κ1) is 9.98. The van der Waals surface area contributed by atoms with E-state index in [0.29, 0.717) is 16.8 Å². The molecule has 1 heterocycles. The van der Waals surface area contributed by atoms with Crippen LogP contribution in [0.3, 0.4) is 0 Å². The zero-order valence-corrected chi connectivity index (χ0v) is 8.52. The van der Waals surface area contributed by atoms with E-state index in [-0.39, 0.29) is 0 Å². The number of thiocarbonyl (C=S) groups is 1. The molecule has 0 aliphatic heterocycles. The Morgan fingerprint density at radius 2 is 2.46 bits per heavy atom. The molecule has 0 spiro atoms. The molecular weight excluding hydrogens is 186 g/mol. The SMILES string of the molecule is CC(C)CNC(=S)Nc1ccon1. The summed E-state index contributed by atoms with van der Waals surface area (Å²) in [4.78, 5) is 0. The molecule has 0 atom stereocenters. The van der Waals surface area contributed by atoms with Crippen LogP contribution in [0.25, 0.3) is 0 Å². The Bertz CT molecular complexity index is 258. The maximum Gasteiger partial charge on any atom is 0.175 e. The highest BCUT2D eigenvalue weighted by atomic mass is 32.1. The molecule has 4 nitrogen and oxygen atoms in total. The summed E-state index contributed by atoms with van der Waals surface area (Å²) in [5.74, 6) is 1.19. The zero-order valence-electron chi connectivity index (χ0n) is 7.70. The highest BCUT2D eigenvalue weighted by molar-refractivity contribution is 7.80. The van der Waals surface area contributed by atoms with Crippen molar-refractivity contribution in [2.75, 3.05) is 11.9 Å². The minimum atomic E-state index is 0.567. The van der Waals surface area contributed by atoms with Gasteiger partial charge in [-0.1, -0.05) is 19.0 Å². The van der Waals surface area contributed by atoms with E-state index < -0.39 is 0 Å². The van der Waals surface area contributed by atoms with Gasteiger partial charge in [-0.2, -0.15) is 0 Å². The molecule has 0 aliphatic rings. The molecule has 0 bridgehead atoms. The molecule has 1 aromatic rings. The molecule has 1 rings (SSSR count). The van der Waals surface area contributed by atoms with Crippen molar-refractivity contribution in [3.8, 4) is 0 Å². The minimum Gasteiger partial charge on any atom is -0.363 e. The normalized spacial score (nSPS) is 10.1. The number of hydrogen-bond acceptors (Lipinski definition) is 3. The summed E-state index contributed by atoms with van der Waals surface area (Å²) in [6, 6.07) is 1.71. The van der Waals surface area contributed by atoms with E-state index in [1.165, 1.54) is 6.26 Å². The molecule has 0 aliphatic carbocycles. The van der Waals surface area contributed by atoms with E-state index in [1.807, 2.05) is 0 Å². The predicted molar refractivity (Wildman–Crippen MR) is 55.6 cm³/mol. The van der Waals surface area contributed by atoms with Crippen molar-refractivity contribution in [2.24, 2.45) is 5.92 Å². The first-order chi connectivity index (χ1) is 6.18. The topological polar surface area (TPSA) is 50.1 Å². The van der Waals surface area contributed by atoms with Gasteiger partial charge in [0.15, 0.2) is 10.9 Å². The van der Waals surface area contributed by atoms with Gasteiger partial charge in [-0.15, -0.1) is 0 Å². The van der Waals surface area contributed by atoms with Crippen LogP contribution < -0.4 is 10.6 Å². The van der Waals surface area contributed by atoms with E-state index in [4.69, 9.17) is 12.2 Å². The average molecular weight is 199 g/mol. The third-order valence-electron chi connectivity index (χ3n) is 1.35. The Morgan fingerprint density at radius 3 is 3.00 bits per heavy atom. The average Bonchev–Trinajstić information content (AvgIpc) is 2.53. The second-order valence-electron chi connectivity index (χ2n) is 3.11. The van der Waals surface area contributed by atoms with Crippen LogP contribution >= 0.6 is 12.2 Å². The number of nitrogens with one attached hydrogen (secondary N) is 2. The third-order valence-corrected chi connectivity index (χ3v) is 1.60. The summed E-state index contributed by atoms with van der Waals surface area (Å²) >= 11 is 5.02. The Morgan fingerprint density at radius 1 is 1.69 bits per heavy atom. The Kier molecular flexibility index (Phi) is 3.70. The van der Waals surface area contributed by atoms with E-state index in [2.05, 4.69) is 34.2 Å². The summed E-state index contributed by atoms with van der Waals surface area (Å²) in [5.41, 5.74) is 0. The summed E-state index contributed by atoms with van der Waals surface area (Å²) in [6.07, 6.45) is 1.49. The van der Waals surface area contributed by atoms with Crippen molar-refractivity contribution < 1.29 is 4.52 Å². The van der Waals surface area contributed by atoms with E-state index in [0.717, 1.165) is 6.54 Å². The zero-order chi connectivity index (χ0) is 9.68. The molecule has 2 N–H and O–H groups in total. The van der Waals surface area contributed by atoms with Gasteiger partial charge in [0.25, 0.3) is 0 Å². The summed E-state index contributed by atoms with van der Waals surface area (Å²) in [6.45, 7) is 5.08. The van der Waals surface area contributed by atoms with Gasteiger partial charge in [0, 0.05) is 12.6 Å². The van der Waals surface area contributed by atoms with E-state index in [9.17, 15) is 0 Å². The number of rotatable bonds is 3. The van der Waals surface area contributed by atoms with Crippen LogP contribution in [0.2, 0.25) is 0 Å². The van der Waals surface area contributed by atoms with Crippen molar-refractivity contribution in [3.05, 3.63) is 12.3 Å². The smallest absolute Gasteiger partial charge is 0.175 e. The molecule has 1 aromatic heterocycles. The number of anilines is 1. The number of aromatic nitrogens is 1. The van der Waals surface area contributed by atoms with Crippen molar-refractivity contribution in [3.63, 3.8) is 0 Å². The monoisotopic (exact) mass is 199 g/mol. The Hall–Kier alpha value is -1.10. The molecule has 0 fully saturated rings. The lowest BCUT2D eigenvalue weighted by Gasteiger charge is -2.09. The highest BCUT2D eigenvalue weighted by Crippen LogP contribution is 2.00. The number of hydrogen-bond donors (Lipinski definition) is 2. The van der Waals surface area contributed by atoms with Gasteiger partial charge in [0.1, 0.15) is 6.26 Å². The predicted octanol–water partition coefficient (Wildman–Crippen LogP) is 1.62. The lowest BCUT2D eigenvalue weighted by atomic mass is 10.2. The molecule has 0 saturated carbocycles. The second kappa shape index (κ2) is 4.81. The standard InChI is InChI=1S/C8H13N3OS/c1-6(2)5-9-8(13)10-7-3-4-12-11-7/h3-4,6H,5H2,1-2H3,(H2,9,10,11,13). The van der Waals surface area contributed by atoms with Gasteiger partial charge in [0.05, 0.1) is 0 Å². The van der Waals surface area contributed by atoms with Gasteiger partial charge >= 0.3 is 0 Å². The first-order valence-electron chi connectivity index (χ1n) is 4.13. The van der Waals surface area contributed by atoms with Gasteiger partial charge in [0.2, 0.25) is 0 Å². The largest absolute Gasteiger partial charge is 0.363 e. The van der Waals surface area contributed by atoms with E-state index >= 15 is 0 Å².